The number of nitrogens with two attached hydrogens (primary N) is 1. The molecule has 1 aromatic rings. The van der Waals surface area contributed by atoms with E-state index in [-0.39, 0.29) is 12.0 Å². The fourth-order valence-corrected chi connectivity index (χ4v) is 1.72. The molecule has 2 unspecified atom stereocenters. The van der Waals surface area contributed by atoms with Gasteiger partial charge in [0.15, 0.2) is 5.82 Å². The van der Waals surface area contributed by atoms with Crippen LogP contribution in [0.1, 0.15) is 42.9 Å². The smallest absolute Gasteiger partial charge is 0.244 e. The summed E-state index contributed by atoms with van der Waals surface area (Å²) >= 11 is 0. The van der Waals surface area contributed by atoms with E-state index in [4.69, 9.17) is 21.4 Å². The van der Waals surface area contributed by atoms with Crippen LogP contribution in [0, 0.1) is 12.3 Å². The Morgan fingerprint density at radius 1 is 1.62 bits per heavy atom. The van der Waals surface area contributed by atoms with Crippen molar-refractivity contribution in [3.8, 4) is 12.3 Å². The van der Waals surface area contributed by atoms with Crippen LogP contribution in [0.4, 0.5) is 0 Å². The standard InChI is InChI=1S/C11H15N3O2/c1-2-4-9(12)11-13-10(14-16-11)8-5-3-6-15-7-8/h1,8-9H,3-7,12H2. The summed E-state index contributed by atoms with van der Waals surface area (Å²) in [5.74, 6) is 3.80. The number of rotatable bonds is 3. The van der Waals surface area contributed by atoms with Crippen molar-refractivity contribution in [1.82, 2.24) is 10.1 Å². The molecule has 2 N–H and O–H groups in total. The summed E-state index contributed by atoms with van der Waals surface area (Å²) < 4.78 is 10.5. The number of hydrogen-bond donors (Lipinski definition) is 1. The van der Waals surface area contributed by atoms with Gasteiger partial charge in [-0.25, -0.2) is 0 Å². The topological polar surface area (TPSA) is 74.2 Å². The number of ether oxygens (including phenoxy) is 1. The third-order valence-electron chi connectivity index (χ3n) is 2.64. The molecule has 0 aromatic carbocycles. The van der Waals surface area contributed by atoms with E-state index in [0.717, 1.165) is 19.4 Å². The zero-order valence-electron chi connectivity index (χ0n) is 9.06. The first kappa shape index (κ1) is 11.1. The normalized spacial score (nSPS) is 22.6. The highest BCUT2D eigenvalue weighted by molar-refractivity contribution is 5.02. The summed E-state index contributed by atoms with van der Waals surface area (Å²) in [7, 11) is 0. The van der Waals surface area contributed by atoms with Crippen LogP contribution in [0.5, 0.6) is 0 Å². The molecule has 1 fully saturated rings. The fourth-order valence-electron chi connectivity index (χ4n) is 1.72. The van der Waals surface area contributed by atoms with E-state index in [1.54, 1.807) is 0 Å². The van der Waals surface area contributed by atoms with Crippen molar-refractivity contribution < 1.29 is 9.26 Å². The van der Waals surface area contributed by atoms with Crippen LogP contribution < -0.4 is 5.73 Å². The summed E-state index contributed by atoms with van der Waals surface area (Å²) in [5, 5.41) is 3.93. The summed E-state index contributed by atoms with van der Waals surface area (Å²) in [4.78, 5) is 4.27. The highest BCUT2D eigenvalue weighted by Gasteiger charge is 2.23. The van der Waals surface area contributed by atoms with E-state index in [2.05, 4.69) is 16.1 Å². The molecule has 0 radical (unpaired) electrons. The average molecular weight is 221 g/mol. The molecule has 1 saturated heterocycles. The van der Waals surface area contributed by atoms with E-state index >= 15 is 0 Å². The van der Waals surface area contributed by atoms with Gasteiger partial charge >= 0.3 is 0 Å². The van der Waals surface area contributed by atoms with Gasteiger partial charge in [0, 0.05) is 18.9 Å². The molecule has 0 saturated carbocycles. The van der Waals surface area contributed by atoms with Gasteiger partial charge < -0.3 is 15.0 Å². The monoisotopic (exact) mass is 221 g/mol. The molecule has 5 heteroatoms. The third kappa shape index (κ3) is 2.40. The minimum atomic E-state index is -0.365. The first-order chi connectivity index (χ1) is 7.81. The average Bonchev–Trinajstić information content (AvgIpc) is 2.80. The SMILES string of the molecule is C#CCC(N)c1nc(C2CCCOC2)no1. The fraction of sp³-hybridized carbons (Fsp3) is 0.636. The number of aromatic nitrogens is 2. The van der Waals surface area contributed by atoms with Crippen LogP contribution in [0.3, 0.4) is 0 Å². The zero-order valence-corrected chi connectivity index (χ0v) is 9.06. The number of nitrogens with zero attached hydrogens (tertiary/aromatic N) is 2. The Kier molecular flexibility index (Phi) is 3.54. The van der Waals surface area contributed by atoms with Crippen molar-refractivity contribution in [2.45, 2.75) is 31.2 Å². The first-order valence-electron chi connectivity index (χ1n) is 5.41. The Hall–Kier alpha value is -1.38. The second-order valence-corrected chi connectivity index (χ2v) is 3.92. The third-order valence-corrected chi connectivity index (χ3v) is 2.64. The lowest BCUT2D eigenvalue weighted by atomic mass is 10.0. The van der Waals surface area contributed by atoms with Gasteiger partial charge in [0.25, 0.3) is 0 Å². The molecule has 1 aromatic heterocycles. The lowest BCUT2D eigenvalue weighted by molar-refractivity contribution is 0.0773. The van der Waals surface area contributed by atoms with Gasteiger partial charge in [-0.1, -0.05) is 5.16 Å². The molecular weight excluding hydrogens is 206 g/mol. The van der Waals surface area contributed by atoms with Gasteiger partial charge in [-0.05, 0) is 12.8 Å². The highest BCUT2D eigenvalue weighted by atomic mass is 16.5. The van der Waals surface area contributed by atoms with Crippen LogP contribution in [-0.4, -0.2) is 23.4 Å². The number of terminal acetylenes is 1. The molecule has 1 aliphatic rings. The lowest BCUT2D eigenvalue weighted by Crippen LogP contribution is -2.17. The van der Waals surface area contributed by atoms with E-state index < -0.39 is 0 Å². The lowest BCUT2D eigenvalue weighted by Gasteiger charge is -2.18. The molecule has 1 aliphatic heterocycles. The molecule has 16 heavy (non-hydrogen) atoms. The maximum Gasteiger partial charge on any atom is 0.244 e. The summed E-state index contributed by atoms with van der Waals surface area (Å²) in [6, 6.07) is -0.365. The van der Waals surface area contributed by atoms with Crippen molar-refractivity contribution in [2.75, 3.05) is 13.2 Å². The molecule has 2 rings (SSSR count). The minimum Gasteiger partial charge on any atom is -0.381 e. The molecule has 2 atom stereocenters. The van der Waals surface area contributed by atoms with Crippen molar-refractivity contribution in [1.29, 1.82) is 0 Å². The molecule has 86 valence electrons. The Morgan fingerprint density at radius 3 is 3.19 bits per heavy atom. The van der Waals surface area contributed by atoms with Gasteiger partial charge in [-0.15, -0.1) is 12.3 Å². The van der Waals surface area contributed by atoms with Crippen LogP contribution in [0.25, 0.3) is 0 Å². The van der Waals surface area contributed by atoms with Gasteiger partial charge in [0.1, 0.15) is 0 Å². The molecule has 0 amide bonds. The molecule has 0 spiro atoms. The van der Waals surface area contributed by atoms with Crippen molar-refractivity contribution in [3.63, 3.8) is 0 Å². The van der Waals surface area contributed by atoms with E-state index in [0.29, 0.717) is 24.7 Å². The maximum absolute atomic E-state index is 5.78. The Bertz CT molecular complexity index is 377. The predicted molar refractivity (Wildman–Crippen MR) is 57.5 cm³/mol. The van der Waals surface area contributed by atoms with Crippen molar-refractivity contribution >= 4 is 0 Å². The van der Waals surface area contributed by atoms with Crippen molar-refractivity contribution in [3.05, 3.63) is 11.7 Å². The van der Waals surface area contributed by atoms with E-state index in [1.165, 1.54) is 0 Å². The highest BCUT2D eigenvalue weighted by Crippen LogP contribution is 2.24. The van der Waals surface area contributed by atoms with Crippen LogP contribution >= 0.6 is 0 Å². The molecule has 2 heterocycles. The Balaban J connectivity index is 2.04. The van der Waals surface area contributed by atoms with Crippen molar-refractivity contribution in [2.24, 2.45) is 5.73 Å². The molecule has 5 nitrogen and oxygen atoms in total. The summed E-state index contributed by atoms with van der Waals surface area (Å²) in [6.07, 6.45) is 7.65. The number of hydrogen-bond acceptors (Lipinski definition) is 5. The van der Waals surface area contributed by atoms with E-state index in [1.807, 2.05) is 0 Å². The largest absolute Gasteiger partial charge is 0.381 e. The quantitative estimate of drug-likeness (QED) is 0.770. The second-order valence-electron chi connectivity index (χ2n) is 3.92. The van der Waals surface area contributed by atoms with Crippen LogP contribution in [-0.2, 0) is 4.74 Å². The van der Waals surface area contributed by atoms with Gasteiger partial charge in [0.2, 0.25) is 5.89 Å². The van der Waals surface area contributed by atoms with Gasteiger partial charge in [-0.2, -0.15) is 4.98 Å². The molecule has 0 bridgehead atoms. The Labute approximate surface area is 94.3 Å². The zero-order chi connectivity index (χ0) is 11.4. The Morgan fingerprint density at radius 2 is 2.50 bits per heavy atom. The second kappa shape index (κ2) is 5.10. The predicted octanol–water partition coefficient (Wildman–Crippen LogP) is 0.987. The summed E-state index contributed by atoms with van der Waals surface area (Å²) in [6.45, 7) is 1.47. The first-order valence-corrected chi connectivity index (χ1v) is 5.41. The van der Waals surface area contributed by atoms with Crippen LogP contribution in [0.15, 0.2) is 4.52 Å². The van der Waals surface area contributed by atoms with E-state index in [9.17, 15) is 0 Å². The minimum absolute atomic E-state index is 0.226. The molecular formula is C11H15N3O2. The summed E-state index contributed by atoms with van der Waals surface area (Å²) in [5.41, 5.74) is 5.78. The van der Waals surface area contributed by atoms with Gasteiger partial charge in [0.05, 0.1) is 12.6 Å². The maximum atomic E-state index is 5.78. The molecule has 0 aliphatic carbocycles. The van der Waals surface area contributed by atoms with Crippen LogP contribution in [0.2, 0.25) is 0 Å². The van der Waals surface area contributed by atoms with Gasteiger partial charge in [-0.3, -0.25) is 0 Å².